The van der Waals surface area contributed by atoms with Crippen molar-refractivity contribution in [3.8, 4) is 0 Å². The van der Waals surface area contributed by atoms with E-state index in [2.05, 4.69) is 0 Å². The molecule has 0 saturated carbocycles. The molecule has 0 rings (SSSR count). The minimum absolute atomic E-state index is 0. The first-order chi connectivity index (χ1) is 28.6. The molecule has 0 fully saturated rings. The molecule has 0 spiro atoms. The maximum absolute atomic E-state index is 12.1. The summed E-state index contributed by atoms with van der Waals surface area (Å²) >= 11 is 0. The normalized spacial score (nSPS) is 12.2. The molecule has 0 saturated heterocycles. The Bertz CT molecular complexity index is 698. The predicted molar refractivity (Wildman–Crippen MR) is 212 cm³/mol. The molecule has 0 unspecified atom stereocenters. The van der Waals surface area contributed by atoms with Gasteiger partial charge in [-0.25, -0.2) is 0 Å². The molecule has 20 nitrogen and oxygen atoms in total. The topological polar surface area (TPSA) is 240 Å². The van der Waals surface area contributed by atoms with E-state index in [0.29, 0.717) is 52.9 Å². The summed E-state index contributed by atoms with van der Waals surface area (Å²) in [6, 6.07) is 0. The molecule has 0 N–H and O–H groups in total. The summed E-state index contributed by atoms with van der Waals surface area (Å²) in [5.74, 6) is -8.30. The van der Waals surface area contributed by atoms with Crippen molar-refractivity contribution in [1.82, 2.24) is 0 Å². The zero-order valence-electron chi connectivity index (χ0n) is 40.3. The molecule has 0 heterocycles. The maximum Gasteiger partial charge on any atom is 4.00 e. The van der Waals surface area contributed by atoms with Crippen molar-refractivity contribution in [2.45, 2.75) is 160 Å². The smallest absolute Gasteiger partial charge is 0.803 e. The fraction of sp³-hybridized carbons (Fsp3) is 1.00. The van der Waals surface area contributed by atoms with Crippen LogP contribution in [0.3, 0.4) is 0 Å². The largest absolute Gasteiger partial charge is 4.00 e. The first-order valence-corrected chi connectivity index (χ1v) is 21.4. The van der Waals surface area contributed by atoms with Crippen molar-refractivity contribution >= 4 is 0 Å². The standard InChI is InChI=1S/4C10H21O5.Ti/c4*1-5-12-9(13-6-2)10(11,14-7-3)15-8-4;/h4*9H,5-8H2,1-4H3;/q4*-1;+4. The van der Waals surface area contributed by atoms with Crippen LogP contribution in [0.5, 0.6) is 0 Å². The van der Waals surface area contributed by atoms with Gasteiger partial charge in [0.2, 0.25) is 0 Å². The van der Waals surface area contributed by atoms with Crippen LogP contribution in [0, 0.1) is 0 Å². The van der Waals surface area contributed by atoms with Gasteiger partial charge in [0, 0.05) is 106 Å². The van der Waals surface area contributed by atoms with Crippen LogP contribution < -0.4 is 20.4 Å². The van der Waals surface area contributed by atoms with Gasteiger partial charge in [-0.15, -0.1) is 0 Å². The second-order valence-corrected chi connectivity index (χ2v) is 10.8. The van der Waals surface area contributed by atoms with Crippen molar-refractivity contribution in [1.29, 1.82) is 0 Å². The van der Waals surface area contributed by atoms with E-state index in [1.54, 1.807) is 111 Å². The summed E-state index contributed by atoms with van der Waals surface area (Å²) in [5.41, 5.74) is 0. The Kier molecular flexibility index (Phi) is 51.7. The Hall–Kier alpha value is -0.0857. The fourth-order valence-electron chi connectivity index (χ4n) is 4.54. The van der Waals surface area contributed by atoms with E-state index < -0.39 is 49.1 Å². The van der Waals surface area contributed by atoms with Crippen LogP contribution in [0.2, 0.25) is 0 Å². The SMILES string of the molecule is CCOC(OCC)C([O-])(OCC)OCC.CCOC(OCC)C([O-])(OCC)OCC.CCOC(OCC)C([O-])(OCC)OCC.CCOC(OCC)C([O-])(OCC)OCC.[Ti+4]. The third kappa shape index (κ3) is 31.5. The molecule has 0 aliphatic carbocycles. The Morgan fingerprint density at radius 1 is 0.230 bits per heavy atom. The van der Waals surface area contributed by atoms with Gasteiger partial charge < -0.3 is 96.2 Å². The minimum Gasteiger partial charge on any atom is -0.803 e. The van der Waals surface area contributed by atoms with Gasteiger partial charge in [-0.2, -0.15) is 0 Å². The van der Waals surface area contributed by atoms with Crippen LogP contribution in [0.15, 0.2) is 0 Å². The third-order valence-electron chi connectivity index (χ3n) is 6.46. The first-order valence-electron chi connectivity index (χ1n) is 21.4. The molecule has 0 bridgehead atoms. The van der Waals surface area contributed by atoms with E-state index in [4.69, 9.17) is 75.8 Å². The quantitative estimate of drug-likeness (QED) is 0.0644. The van der Waals surface area contributed by atoms with Gasteiger partial charge in [0.1, 0.15) is 0 Å². The van der Waals surface area contributed by atoms with Gasteiger partial charge in [0.25, 0.3) is 0 Å². The van der Waals surface area contributed by atoms with E-state index >= 15 is 0 Å². The summed E-state index contributed by atoms with van der Waals surface area (Å²) in [6.45, 7) is 33.0. The van der Waals surface area contributed by atoms with E-state index in [0.717, 1.165) is 0 Å². The summed E-state index contributed by atoms with van der Waals surface area (Å²) in [7, 11) is 0. The molecule has 0 aliphatic rings. The zero-order valence-corrected chi connectivity index (χ0v) is 41.8. The predicted octanol–water partition coefficient (Wildman–Crippen LogP) is 1.89. The number of ether oxygens (including phenoxy) is 16. The Balaban J connectivity index is -0.000000227. The number of hydrogen-bond acceptors (Lipinski definition) is 20. The molecule has 0 radical (unpaired) electrons. The zero-order chi connectivity index (χ0) is 46.9. The minimum atomic E-state index is -2.07. The molecule has 0 aromatic heterocycles. The molecule has 0 aliphatic heterocycles. The van der Waals surface area contributed by atoms with Crippen LogP contribution in [-0.4, -0.2) is 155 Å². The van der Waals surface area contributed by atoms with Gasteiger partial charge in [0.15, 0.2) is 49.1 Å². The summed E-state index contributed by atoms with van der Waals surface area (Å²) < 4.78 is 81.4. The molecule has 21 heteroatoms. The second-order valence-electron chi connectivity index (χ2n) is 10.8. The van der Waals surface area contributed by atoms with Crippen molar-refractivity contribution in [3.05, 3.63) is 0 Å². The van der Waals surface area contributed by atoms with E-state index in [1.807, 2.05) is 0 Å². The van der Waals surface area contributed by atoms with Crippen LogP contribution >= 0.6 is 0 Å². The first kappa shape index (κ1) is 69.9. The van der Waals surface area contributed by atoms with Crippen LogP contribution in [0.1, 0.15) is 111 Å². The fourth-order valence-corrected chi connectivity index (χ4v) is 4.54. The second kappa shape index (κ2) is 45.1. The Morgan fingerprint density at radius 2 is 0.328 bits per heavy atom. The molecule has 0 amide bonds. The van der Waals surface area contributed by atoms with Gasteiger partial charge in [-0.05, 0) is 111 Å². The summed E-state index contributed by atoms with van der Waals surface area (Å²) in [4.78, 5) is 0. The average Bonchev–Trinajstić information content (AvgIpc) is 3.19. The van der Waals surface area contributed by atoms with E-state index in [-0.39, 0.29) is 74.6 Å². The van der Waals surface area contributed by atoms with Crippen molar-refractivity contribution < 1.29 is 118 Å². The molecule has 0 aromatic carbocycles. The molecule has 0 aromatic rings. The molecule has 368 valence electrons. The molecular weight excluding hydrogens is 848 g/mol. The molecule has 0 atom stereocenters. The van der Waals surface area contributed by atoms with Crippen LogP contribution in [0.25, 0.3) is 0 Å². The van der Waals surface area contributed by atoms with Crippen molar-refractivity contribution in [2.75, 3.05) is 106 Å². The van der Waals surface area contributed by atoms with Gasteiger partial charge in [-0.3, -0.25) is 0 Å². The van der Waals surface area contributed by atoms with Crippen molar-refractivity contribution in [3.63, 3.8) is 0 Å². The van der Waals surface area contributed by atoms with Gasteiger partial charge in [0.05, 0.1) is 0 Å². The van der Waals surface area contributed by atoms with E-state index in [1.165, 1.54) is 0 Å². The monoisotopic (exact) mass is 933 g/mol. The number of rotatable bonds is 36. The average molecular weight is 933 g/mol. The molecule has 61 heavy (non-hydrogen) atoms. The molecular formula is C40H84O20Ti. The van der Waals surface area contributed by atoms with Crippen LogP contribution in [0.4, 0.5) is 0 Å². The van der Waals surface area contributed by atoms with E-state index in [9.17, 15) is 20.4 Å². The Labute approximate surface area is 382 Å². The number of hydrogen-bond donors (Lipinski definition) is 0. The summed E-state index contributed by atoms with van der Waals surface area (Å²) in [5, 5.41) is 48.4. The Morgan fingerprint density at radius 3 is 0.393 bits per heavy atom. The van der Waals surface area contributed by atoms with Crippen LogP contribution in [-0.2, 0) is 97.5 Å². The van der Waals surface area contributed by atoms with Gasteiger partial charge in [-0.1, -0.05) is 0 Å². The summed E-state index contributed by atoms with van der Waals surface area (Å²) in [6.07, 6.45) is -4.14. The third-order valence-corrected chi connectivity index (χ3v) is 6.46. The van der Waals surface area contributed by atoms with Gasteiger partial charge >= 0.3 is 21.7 Å². The van der Waals surface area contributed by atoms with Crippen molar-refractivity contribution in [2.24, 2.45) is 0 Å². The maximum atomic E-state index is 12.1.